The van der Waals surface area contributed by atoms with Gasteiger partial charge in [-0.1, -0.05) is 29.8 Å². The van der Waals surface area contributed by atoms with Crippen molar-refractivity contribution >= 4 is 11.7 Å². The third kappa shape index (κ3) is 3.15. The highest BCUT2D eigenvalue weighted by molar-refractivity contribution is 5.89. The van der Waals surface area contributed by atoms with Gasteiger partial charge in [0, 0.05) is 11.7 Å². The van der Waals surface area contributed by atoms with Gasteiger partial charge in [0.2, 0.25) is 0 Å². The molecule has 2 aromatic rings. The summed E-state index contributed by atoms with van der Waals surface area (Å²) in [6.45, 7) is 3.98. The Kier molecular flexibility index (Phi) is 4.03. The van der Waals surface area contributed by atoms with Crippen molar-refractivity contribution in [2.45, 2.75) is 19.9 Å². The molecule has 0 aromatic heterocycles. The molecule has 0 amide bonds. The second-order valence-electron chi connectivity index (χ2n) is 4.78. The van der Waals surface area contributed by atoms with Crippen LogP contribution in [0.1, 0.15) is 34.5 Å². The monoisotopic (exact) mass is 273 g/mol. The van der Waals surface area contributed by atoms with E-state index in [2.05, 4.69) is 11.4 Å². The fourth-order valence-electron chi connectivity index (χ4n) is 2.05. The van der Waals surface area contributed by atoms with Crippen LogP contribution in [0.25, 0.3) is 0 Å². The molecule has 20 heavy (non-hydrogen) atoms. The fraction of sp³-hybridized carbons (Fsp3) is 0.188. The topological polar surface area (TPSA) is 49.3 Å². The van der Waals surface area contributed by atoms with Crippen molar-refractivity contribution in [2.24, 2.45) is 0 Å². The van der Waals surface area contributed by atoms with Crippen molar-refractivity contribution in [1.29, 1.82) is 0 Å². The maximum atomic E-state index is 13.3. The van der Waals surface area contributed by atoms with Gasteiger partial charge in [0.25, 0.3) is 0 Å². The number of aromatic carboxylic acids is 1. The Morgan fingerprint density at radius 3 is 2.65 bits per heavy atom. The summed E-state index contributed by atoms with van der Waals surface area (Å²) in [7, 11) is 0. The number of carbonyl (C=O) groups is 1. The molecule has 0 aliphatic heterocycles. The minimum absolute atomic E-state index is 0.00186. The minimum Gasteiger partial charge on any atom is -0.478 e. The van der Waals surface area contributed by atoms with E-state index in [9.17, 15) is 9.18 Å². The number of benzene rings is 2. The Morgan fingerprint density at radius 2 is 2.00 bits per heavy atom. The number of nitrogens with one attached hydrogen (secondary N) is 1. The number of rotatable bonds is 4. The molecule has 3 nitrogen and oxygen atoms in total. The molecule has 1 atom stereocenters. The van der Waals surface area contributed by atoms with Crippen molar-refractivity contribution in [3.8, 4) is 0 Å². The molecule has 2 aromatic carbocycles. The van der Waals surface area contributed by atoms with Gasteiger partial charge in [-0.05, 0) is 37.6 Å². The number of carboxylic acid groups (broad SMARTS) is 1. The quantitative estimate of drug-likeness (QED) is 0.885. The summed E-state index contributed by atoms with van der Waals surface area (Å²) >= 11 is 0. The van der Waals surface area contributed by atoms with E-state index in [1.54, 1.807) is 0 Å². The van der Waals surface area contributed by atoms with Crippen molar-refractivity contribution in [3.63, 3.8) is 0 Å². The van der Waals surface area contributed by atoms with E-state index in [-0.39, 0.29) is 11.6 Å². The predicted molar refractivity (Wildman–Crippen MR) is 76.6 cm³/mol. The molecule has 2 N–H and O–H groups in total. The van der Waals surface area contributed by atoms with E-state index in [0.717, 1.165) is 17.2 Å². The lowest BCUT2D eigenvalue weighted by molar-refractivity contribution is 0.0692. The smallest absolute Gasteiger partial charge is 0.338 e. The van der Waals surface area contributed by atoms with Gasteiger partial charge in [0.1, 0.15) is 5.82 Å². The SMILES string of the molecule is Cc1cccc(C(C)Nc2ccc(F)c(C(=O)O)c2)c1. The molecule has 0 aliphatic carbocycles. The van der Waals surface area contributed by atoms with Crippen LogP contribution in [0.4, 0.5) is 10.1 Å². The van der Waals surface area contributed by atoms with Crippen molar-refractivity contribution in [2.75, 3.05) is 5.32 Å². The van der Waals surface area contributed by atoms with Crippen LogP contribution in [0.3, 0.4) is 0 Å². The molecule has 2 rings (SSSR count). The third-order valence-electron chi connectivity index (χ3n) is 3.12. The van der Waals surface area contributed by atoms with Gasteiger partial charge in [-0.15, -0.1) is 0 Å². The zero-order chi connectivity index (χ0) is 14.7. The molecule has 0 radical (unpaired) electrons. The molecule has 0 spiro atoms. The molecule has 0 saturated heterocycles. The summed E-state index contributed by atoms with van der Waals surface area (Å²) < 4.78 is 13.3. The zero-order valence-electron chi connectivity index (χ0n) is 11.4. The van der Waals surface area contributed by atoms with Crippen molar-refractivity contribution in [3.05, 3.63) is 65.0 Å². The van der Waals surface area contributed by atoms with Gasteiger partial charge in [0.05, 0.1) is 5.56 Å². The van der Waals surface area contributed by atoms with Gasteiger partial charge in [-0.2, -0.15) is 0 Å². The molecule has 0 fully saturated rings. The molecule has 1 unspecified atom stereocenters. The molecule has 4 heteroatoms. The Balaban J connectivity index is 2.22. The lowest BCUT2D eigenvalue weighted by Gasteiger charge is -2.16. The summed E-state index contributed by atoms with van der Waals surface area (Å²) in [5.74, 6) is -2.00. The molecule has 0 saturated carbocycles. The Bertz CT molecular complexity index is 640. The second-order valence-corrected chi connectivity index (χ2v) is 4.78. The summed E-state index contributed by atoms with van der Waals surface area (Å²) in [6.07, 6.45) is 0. The molecular formula is C16H16FNO2. The molecule has 0 bridgehead atoms. The van der Waals surface area contributed by atoms with Crippen LogP contribution in [0, 0.1) is 12.7 Å². The molecular weight excluding hydrogens is 257 g/mol. The van der Waals surface area contributed by atoms with Gasteiger partial charge in [-0.25, -0.2) is 9.18 Å². The van der Waals surface area contributed by atoms with Crippen LogP contribution in [0.15, 0.2) is 42.5 Å². The van der Waals surface area contributed by atoms with Crippen LogP contribution in [-0.4, -0.2) is 11.1 Å². The normalized spacial score (nSPS) is 11.9. The average Bonchev–Trinajstić information content (AvgIpc) is 2.40. The lowest BCUT2D eigenvalue weighted by Crippen LogP contribution is -2.08. The van der Waals surface area contributed by atoms with E-state index in [1.165, 1.54) is 12.1 Å². The highest BCUT2D eigenvalue weighted by Gasteiger charge is 2.12. The zero-order valence-corrected chi connectivity index (χ0v) is 11.4. The fourth-order valence-corrected chi connectivity index (χ4v) is 2.05. The standard InChI is InChI=1S/C16H16FNO2/c1-10-4-3-5-12(8-10)11(2)18-13-6-7-15(17)14(9-13)16(19)20/h3-9,11,18H,1-2H3,(H,19,20). The van der Waals surface area contributed by atoms with Crippen LogP contribution >= 0.6 is 0 Å². The second kappa shape index (κ2) is 5.74. The number of anilines is 1. The number of carboxylic acids is 1. The average molecular weight is 273 g/mol. The number of hydrogen-bond donors (Lipinski definition) is 2. The Labute approximate surface area is 117 Å². The van der Waals surface area contributed by atoms with Crippen molar-refractivity contribution in [1.82, 2.24) is 0 Å². The summed E-state index contributed by atoms with van der Waals surface area (Å²) in [5.41, 5.74) is 2.50. The Morgan fingerprint density at radius 1 is 1.25 bits per heavy atom. The van der Waals surface area contributed by atoms with E-state index in [0.29, 0.717) is 5.69 Å². The van der Waals surface area contributed by atoms with E-state index < -0.39 is 11.8 Å². The minimum atomic E-state index is -1.27. The molecule has 0 heterocycles. The van der Waals surface area contributed by atoms with Gasteiger partial charge < -0.3 is 10.4 Å². The number of hydrogen-bond acceptors (Lipinski definition) is 2. The molecule has 0 aliphatic rings. The first kappa shape index (κ1) is 14.1. The van der Waals surface area contributed by atoms with E-state index in [4.69, 9.17) is 5.11 Å². The van der Waals surface area contributed by atoms with E-state index >= 15 is 0 Å². The highest BCUT2D eigenvalue weighted by atomic mass is 19.1. The third-order valence-corrected chi connectivity index (χ3v) is 3.12. The van der Waals surface area contributed by atoms with Crippen LogP contribution < -0.4 is 5.32 Å². The van der Waals surface area contributed by atoms with Crippen molar-refractivity contribution < 1.29 is 14.3 Å². The summed E-state index contributed by atoms with van der Waals surface area (Å²) in [4.78, 5) is 10.9. The van der Waals surface area contributed by atoms with Crippen LogP contribution in [-0.2, 0) is 0 Å². The first-order valence-corrected chi connectivity index (χ1v) is 6.33. The first-order valence-electron chi connectivity index (χ1n) is 6.33. The predicted octanol–water partition coefficient (Wildman–Crippen LogP) is 4.01. The molecule has 104 valence electrons. The number of halogens is 1. The number of aryl methyl sites for hydroxylation is 1. The van der Waals surface area contributed by atoms with Gasteiger partial charge in [-0.3, -0.25) is 0 Å². The van der Waals surface area contributed by atoms with Crippen LogP contribution in [0.5, 0.6) is 0 Å². The summed E-state index contributed by atoms with van der Waals surface area (Å²) in [5, 5.41) is 12.1. The van der Waals surface area contributed by atoms with E-state index in [1.807, 2.05) is 32.0 Å². The maximum absolute atomic E-state index is 13.3. The van der Waals surface area contributed by atoms with Gasteiger partial charge >= 0.3 is 5.97 Å². The lowest BCUT2D eigenvalue weighted by atomic mass is 10.1. The highest BCUT2D eigenvalue weighted by Crippen LogP contribution is 2.22. The largest absolute Gasteiger partial charge is 0.478 e. The summed E-state index contributed by atoms with van der Waals surface area (Å²) in [6, 6.07) is 12.0. The van der Waals surface area contributed by atoms with Crippen LogP contribution in [0.2, 0.25) is 0 Å². The van der Waals surface area contributed by atoms with Gasteiger partial charge in [0.15, 0.2) is 0 Å². The first-order chi connectivity index (χ1) is 9.47. The maximum Gasteiger partial charge on any atom is 0.338 e. The Hall–Kier alpha value is -2.36.